The average Bonchev–Trinajstić information content (AvgIpc) is 2.50. The van der Waals surface area contributed by atoms with E-state index in [9.17, 15) is 14.4 Å². The van der Waals surface area contributed by atoms with E-state index < -0.39 is 23.4 Å². The fraction of sp³-hybridized carbons (Fsp3) is 0.588. The van der Waals surface area contributed by atoms with Gasteiger partial charge in [-0.3, -0.25) is 4.79 Å². The van der Waals surface area contributed by atoms with Gasteiger partial charge in [0.1, 0.15) is 0 Å². The van der Waals surface area contributed by atoms with Gasteiger partial charge in [-0.1, -0.05) is 12.2 Å². The minimum atomic E-state index is -1.90. The first kappa shape index (κ1) is 20.9. The number of rotatable bonds is 10. The Balaban J connectivity index is 5.98. The maximum absolute atomic E-state index is 12.6. The van der Waals surface area contributed by atoms with Crippen LogP contribution in [0.3, 0.4) is 0 Å². The topological polar surface area (TPSA) is 72.9 Å². The van der Waals surface area contributed by atoms with Gasteiger partial charge in [-0.2, -0.15) is 0 Å². The molecule has 0 fully saturated rings. The van der Waals surface area contributed by atoms with Crippen LogP contribution in [-0.2, 0) is 23.9 Å². The number of nitrogens with zero attached hydrogens (tertiary/aromatic N) is 1. The van der Waals surface area contributed by atoms with Crippen LogP contribution in [-0.4, -0.2) is 48.0 Å². The molecule has 0 unspecified atom stereocenters. The van der Waals surface area contributed by atoms with Gasteiger partial charge in [-0.15, -0.1) is 6.58 Å². The lowest BCUT2D eigenvalue weighted by atomic mass is 9.95. The van der Waals surface area contributed by atoms with Gasteiger partial charge in [-0.05, 0) is 39.7 Å². The lowest BCUT2D eigenvalue weighted by molar-refractivity contribution is -0.174. The second-order valence-electron chi connectivity index (χ2n) is 4.81. The maximum atomic E-state index is 12.6. The van der Waals surface area contributed by atoms with Crippen LogP contribution in [0, 0.1) is 0 Å². The lowest BCUT2D eigenvalue weighted by Gasteiger charge is -2.37. The van der Waals surface area contributed by atoms with Crippen molar-refractivity contribution in [1.82, 2.24) is 4.90 Å². The second kappa shape index (κ2) is 10.6. The Bertz CT molecular complexity index is 438. The largest absolute Gasteiger partial charge is 0.464 e. The van der Waals surface area contributed by atoms with Crippen LogP contribution in [0.2, 0.25) is 0 Å². The number of amides is 1. The van der Waals surface area contributed by atoms with E-state index in [1.165, 1.54) is 24.0 Å². The van der Waals surface area contributed by atoms with Crippen LogP contribution < -0.4 is 0 Å². The number of carbonyl (C=O) groups is 3. The van der Waals surface area contributed by atoms with Crippen LogP contribution >= 0.6 is 0 Å². The van der Waals surface area contributed by atoms with Crippen molar-refractivity contribution in [1.29, 1.82) is 0 Å². The molecule has 23 heavy (non-hydrogen) atoms. The summed E-state index contributed by atoms with van der Waals surface area (Å²) in [6.45, 7) is 10.3. The molecule has 0 heterocycles. The summed E-state index contributed by atoms with van der Waals surface area (Å²) in [6, 6.07) is 0. The van der Waals surface area contributed by atoms with Gasteiger partial charge in [0.15, 0.2) is 0 Å². The van der Waals surface area contributed by atoms with Gasteiger partial charge in [0.05, 0.1) is 13.2 Å². The van der Waals surface area contributed by atoms with Gasteiger partial charge in [0, 0.05) is 13.5 Å². The number of carbonyl (C=O) groups excluding carboxylic acids is 3. The van der Waals surface area contributed by atoms with Gasteiger partial charge in [0.25, 0.3) is 5.54 Å². The molecule has 0 rings (SSSR count). The highest BCUT2D eigenvalue weighted by Crippen LogP contribution is 2.24. The molecule has 1 amide bonds. The highest BCUT2D eigenvalue weighted by atomic mass is 16.6. The molecule has 0 aliphatic rings. The van der Waals surface area contributed by atoms with Gasteiger partial charge in [0.2, 0.25) is 5.91 Å². The van der Waals surface area contributed by atoms with E-state index in [0.29, 0.717) is 12.8 Å². The van der Waals surface area contributed by atoms with Crippen LogP contribution in [0.4, 0.5) is 0 Å². The van der Waals surface area contributed by atoms with Crippen LogP contribution in [0.15, 0.2) is 24.8 Å². The van der Waals surface area contributed by atoms with E-state index in [4.69, 9.17) is 9.47 Å². The number of unbranched alkanes of at least 4 members (excludes halogenated alkanes) is 1. The molecule has 0 spiro atoms. The molecule has 0 aromatic carbocycles. The Morgan fingerprint density at radius 3 is 2.00 bits per heavy atom. The SMILES string of the molecule is C=CCCCN(C(C)=O)C(C=CC)(C(=O)OCC)C(=O)OCC. The summed E-state index contributed by atoms with van der Waals surface area (Å²) in [5.41, 5.74) is -1.90. The minimum Gasteiger partial charge on any atom is -0.464 e. The van der Waals surface area contributed by atoms with Gasteiger partial charge < -0.3 is 14.4 Å². The third-order valence-electron chi connectivity index (χ3n) is 3.18. The quantitative estimate of drug-likeness (QED) is 0.266. The number of esters is 2. The van der Waals surface area contributed by atoms with Crippen molar-refractivity contribution < 1.29 is 23.9 Å². The summed E-state index contributed by atoms with van der Waals surface area (Å²) in [5.74, 6) is -2.04. The molecule has 0 saturated heterocycles. The Morgan fingerprint density at radius 1 is 1.13 bits per heavy atom. The Morgan fingerprint density at radius 2 is 1.65 bits per heavy atom. The molecule has 0 aromatic heterocycles. The normalized spacial score (nSPS) is 11.1. The zero-order chi connectivity index (χ0) is 17.9. The van der Waals surface area contributed by atoms with E-state index in [0.717, 1.165) is 0 Å². The number of allylic oxidation sites excluding steroid dienone is 2. The van der Waals surface area contributed by atoms with Crippen molar-refractivity contribution in [3.63, 3.8) is 0 Å². The number of hydrogen-bond donors (Lipinski definition) is 0. The zero-order valence-electron chi connectivity index (χ0n) is 14.5. The highest BCUT2D eigenvalue weighted by Gasteiger charge is 2.53. The summed E-state index contributed by atoms with van der Waals surface area (Å²) in [7, 11) is 0. The minimum absolute atomic E-state index is 0.0932. The third kappa shape index (κ3) is 5.23. The molecule has 0 saturated carbocycles. The maximum Gasteiger partial charge on any atom is 0.348 e. The molecule has 0 aromatic rings. The molecule has 0 N–H and O–H groups in total. The Hall–Kier alpha value is -2.11. The van der Waals surface area contributed by atoms with Crippen LogP contribution in [0.1, 0.15) is 40.5 Å². The molecule has 6 nitrogen and oxygen atoms in total. The molecule has 0 aliphatic heterocycles. The predicted molar refractivity (Wildman–Crippen MR) is 87.6 cm³/mol. The summed E-state index contributed by atoms with van der Waals surface area (Å²) in [4.78, 5) is 38.5. The number of hydrogen-bond acceptors (Lipinski definition) is 5. The Kier molecular flexibility index (Phi) is 9.62. The first-order valence-electron chi connectivity index (χ1n) is 7.79. The van der Waals surface area contributed by atoms with E-state index in [2.05, 4.69) is 6.58 Å². The summed E-state index contributed by atoms with van der Waals surface area (Å²) < 4.78 is 10.1. The summed E-state index contributed by atoms with van der Waals surface area (Å²) in [5, 5.41) is 0. The third-order valence-corrected chi connectivity index (χ3v) is 3.18. The number of ether oxygens (including phenoxy) is 2. The van der Waals surface area contributed by atoms with Crippen LogP contribution in [0.5, 0.6) is 0 Å². The zero-order valence-corrected chi connectivity index (χ0v) is 14.5. The van der Waals surface area contributed by atoms with Crippen LogP contribution in [0.25, 0.3) is 0 Å². The van der Waals surface area contributed by atoms with Crippen molar-refractivity contribution in [2.24, 2.45) is 0 Å². The molecule has 0 bridgehead atoms. The molecular weight excluding hydrogens is 298 g/mol. The standard InChI is InChI=1S/C17H27NO5/c1-6-10-11-13-18(14(5)19)17(12-7-2,15(20)22-8-3)16(21)23-9-4/h6-7,12H,1,8-11,13H2,2-5H3. The molecule has 0 aliphatic carbocycles. The molecule has 0 radical (unpaired) electrons. The molecule has 0 atom stereocenters. The predicted octanol–water partition coefficient (Wildman–Crippen LogP) is 2.24. The first-order valence-corrected chi connectivity index (χ1v) is 7.79. The fourth-order valence-electron chi connectivity index (χ4n) is 2.23. The van der Waals surface area contributed by atoms with E-state index in [1.807, 2.05) is 0 Å². The Labute approximate surface area is 138 Å². The van der Waals surface area contributed by atoms with Crippen molar-refractivity contribution in [3.05, 3.63) is 24.8 Å². The summed E-state index contributed by atoms with van der Waals surface area (Å²) >= 11 is 0. The monoisotopic (exact) mass is 325 g/mol. The van der Waals surface area contributed by atoms with Crippen molar-refractivity contribution in [2.45, 2.75) is 46.1 Å². The highest BCUT2D eigenvalue weighted by molar-refractivity contribution is 6.10. The first-order chi connectivity index (χ1) is 10.9. The summed E-state index contributed by atoms with van der Waals surface area (Å²) in [6.07, 6.45) is 5.84. The van der Waals surface area contributed by atoms with E-state index in [-0.39, 0.29) is 19.8 Å². The van der Waals surface area contributed by atoms with Crippen molar-refractivity contribution in [3.8, 4) is 0 Å². The lowest BCUT2D eigenvalue weighted by Crippen LogP contribution is -2.62. The fourth-order valence-corrected chi connectivity index (χ4v) is 2.23. The van der Waals surface area contributed by atoms with Gasteiger partial charge >= 0.3 is 11.9 Å². The van der Waals surface area contributed by atoms with Gasteiger partial charge in [-0.25, -0.2) is 9.59 Å². The molecule has 130 valence electrons. The molecular formula is C17H27NO5. The smallest absolute Gasteiger partial charge is 0.348 e. The van der Waals surface area contributed by atoms with E-state index >= 15 is 0 Å². The molecule has 6 heteroatoms. The average molecular weight is 325 g/mol. The van der Waals surface area contributed by atoms with Crippen molar-refractivity contribution >= 4 is 17.8 Å². The second-order valence-corrected chi connectivity index (χ2v) is 4.81. The van der Waals surface area contributed by atoms with E-state index in [1.54, 1.807) is 26.8 Å². The van der Waals surface area contributed by atoms with Crippen molar-refractivity contribution in [2.75, 3.05) is 19.8 Å².